The Bertz CT molecular complexity index is 366. The maximum Gasteiger partial charge on any atom is 0.178 e. The van der Waals surface area contributed by atoms with Crippen LogP contribution < -0.4 is 0 Å². The predicted molar refractivity (Wildman–Crippen MR) is 48.0 cm³/mol. The van der Waals surface area contributed by atoms with Gasteiger partial charge < -0.3 is 0 Å². The van der Waals surface area contributed by atoms with Gasteiger partial charge in [0, 0.05) is 6.42 Å². The molecular formula is C10H9NO. The lowest BCUT2D eigenvalue weighted by molar-refractivity contribution is -0.112. The van der Waals surface area contributed by atoms with E-state index in [1.54, 1.807) is 0 Å². The van der Waals surface area contributed by atoms with Gasteiger partial charge in [-0.1, -0.05) is 17.7 Å². The van der Waals surface area contributed by atoms with E-state index in [9.17, 15) is 4.79 Å². The summed E-state index contributed by atoms with van der Waals surface area (Å²) in [5, 5.41) is 0. The second kappa shape index (κ2) is 2.55. The van der Waals surface area contributed by atoms with E-state index in [1.165, 1.54) is 11.8 Å². The summed E-state index contributed by atoms with van der Waals surface area (Å²) in [6, 6.07) is 5.98. The molecule has 1 aromatic rings. The lowest BCUT2D eigenvalue weighted by atomic mass is 10.0. The highest BCUT2D eigenvalue weighted by atomic mass is 16.1. The maximum absolute atomic E-state index is 11.0. The van der Waals surface area contributed by atoms with Crippen LogP contribution in [0.1, 0.15) is 11.1 Å². The van der Waals surface area contributed by atoms with Crippen molar-refractivity contribution in [3.63, 3.8) is 0 Å². The molecule has 0 amide bonds. The van der Waals surface area contributed by atoms with Crippen LogP contribution in [0.3, 0.4) is 0 Å². The van der Waals surface area contributed by atoms with Crippen molar-refractivity contribution in [2.45, 2.75) is 13.3 Å². The van der Waals surface area contributed by atoms with Crippen LogP contribution >= 0.6 is 0 Å². The van der Waals surface area contributed by atoms with Gasteiger partial charge in [0.15, 0.2) is 5.78 Å². The number of aryl methyl sites for hydroxylation is 1. The van der Waals surface area contributed by atoms with Crippen LogP contribution in [-0.4, -0.2) is 12.0 Å². The van der Waals surface area contributed by atoms with Crippen LogP contribution in [0, 0.1) is 6.92 Å². The molecule has 1 heterocycles. The van der Waals surface area contributed by atoms with E-state index in [1.807, 2.05) is 25.1 Å². The summed E-state index contributed by atoms with van der Waals surface area (Å²) < 4.78 is 0. The maximum atomic E-state index is 11.0. The van der Waals surface area contributed by atoms with E-state index in [4.69, 9.17) is 0 Å². The predicted octanol–water partition coefficient (Wildman–Crippen LogP) is 1.82. The molecule has 0 atom stereocenters. The third-order valence-electron chi connectivity index (χ3n) is 1.95. The molecule has 0 saturated carbocycles. The van der Waals surface area contributed by atoms with Gasteiger partial charge in [0.05, 0.1) is 11.9 Å². The van der Waals surface area contributed by atoms with Crippen LogP contribution in [0.25, 0.3) is 0 Å². The van der Waals surface area contributed by atoms with Gasteiger partial charge in [-0.3, -0.25) is 9.79 Å². The summed E-state index contributed by atoms with van der Waals surface area (Å²) in [5.41, 5.74) is 3.15. The van der Waals surface area contributed by atoms with Gasteiger partial charge in [0.25, 0.3) is 0 Å². The number of nitrogens with zero attached hydrogens (tertiary/aromatic N) is 1. The van der Waals surface area contributed by atoms with Crippen LogP contribution in [0.5, 0.6) is 0 Å². The number of Topliss-reactive ketones (excluding diaryl/α,β-unsaturated/α-hetero) is 1. The van der Waals surface area contributed by atoms with E-state index >= 15 is 0 Å². The van der Waals surface area contributed by atoms with Gasteiger partial charge in [-0.15, -0.1) is 0 Å². The Hall–Kier alpha value is -1.44. The van der Waals surface area contributed by atoms with Gasteiger partial charge in [-0.05, 0) is 18.6 Å². The van der Waals surface area contributed by atoms with Gasteiger partial charge in [-0.2, -0.15) is 0 Å². The van der Waals surface area contributed by atoms with Gasteiger partial charge in [-0.25, -0.2) is 0 Å². The van der Waals surface area contributed by atoms with E-state index in [0.717, 1.165) is 11.3 Å². The average Bonchev–Trinajstić information content (AvgIpc) is 2.03. The van der Waals surface area contributed by atoms with E-state index in [0.29, 0.717) is 6.42 Å². The quantitative estimate of drug-likeness (QED) is 0.567. The summed E-state index contributed by atoms with van der Waals surface area (Å²) in [5.74, 6) is 0.0908. The number of carbonyl (C=O) groups excluding carboxylic acids is 1. The normalized spacial score (nSPS) is 14.6. The number of hydrogen-bond donors (Lipinski definition) is 0. The van der Waals surface area contributed by atoms with E-state index in [2.05, 4.69) is 4.99 Å². The van der Waals surface area contributed by atoms with Crippen molar-refractivity contribution >= 4 is 17.7 Å². The third-order valence-corrected chi connectivity index (χ3v) is 1.95. The molecule has 1 aliphatic heterocycles. The fourth-order valence-corrected chi connectivity index (χ4v) is 1.36. The lowest BCUT2D eigenvalue weighted by Crippen LogP contribution is -2.08. The number of aliphatic imine (C=N–C) groups is 1. The Morgan fingerprint density at radius 3 is 3.08 bits per heavy atom. The summed E-state index contributed by atoms with van der Waals surface area (Å²) in [6.07, 6.45) is 1.90. The highest BCUT2D eigenvalue weighted by Gasteiger charge is 2.10. The zero-order valence-corrected chi connectivity index (χ0v) is 6.87. The topological polar surface area (TPSA) is 29.4 Å². The van der Waals surface area contributed by atoms with Crippen molar-refractivity contribution in [2.24, 2.45) is 4.99 Å². The average molecular weight is 159 g/mol. The highest BCUT2D eigenvalue weighted by molar-refractivity contribution is 6.29. The second-order valence-corrected chi connectivity index (χ2v) is 3.03. The first-order valence-electron chi connectivity index (χ1n) is 3.92. The number of fused-ring (bicyclic) bond motifs is 1. The summed E-state index contributed by atoms with van der Waals surface area (Å²) >= 11 is 0. The fourth-order valence-electron chi connectivity index (χ4n) is 1.36. The van der Waals surface area contributed by atoms with Crippen molar-refractivity contribution in [3.8, 4) is 0 Å². The summed E-state index contributed by atoms with van der Waals surface area (Å²) in [6.45, 7) is 2.02. The van der Waals surface area contributed by atoms with E-state index < -0.39 is 0 Å². The molecule has 0 fully saturated rings. The molecule has 0 aromatic heterocycles. The molecule has 0 unspecified atom stereocenters. The molecule has 2 rings (SSSR count). The van der Waals surface area contributed by atoms with Gasteiger partial charge in [0.2, 0.25) is 0 Å². The minimum absolute atomic E-state index is 0.0908. The van der Waals surface area contributed by atoms with Crippen molar-refractivity contribution in [1.29, 1.82) is 0 Å². The lowest BCUT2D eigenvalue weighted by Gasteiger charge is -2.08. The zero-order chi connectivity index (χ0) is 8.55. The Morgan fingerprint density at radius 2 is 2.25 bits per heavy atom. The monoisotopic (exact) mass is 159 g/mol. The molecule has 0 aliphatic carbocycles. The van der Waals surface area contributed by atoms with Crippen molar-refractivity contribution in [1.82, 2.24) is 0 Å². The minimum atomic E-state index is 0.0908. The number of hydrogen-bond acceptors (Lipinski definition) is 2. The van der Waals surface area contributed by atoms with Crippen molar-refractivity contribution in [2.75, 3.05) is 0 Å². The Balaban J connectivity index is 2.54. The molecule has 1 aliphatic rings. The van der Waals surface area contributed by atoms with Crippen molar-refractivity contribution in [3.05, 3.63) is 29.3 Å². The first-order chi connectivity index (χ1) is 5.75. The second-order valence-electron chi connectivity index (χ2n) is 3.03. The highest BCUT2D eigenvalue weighted by Crippen LogP contribution is 2.23. The first-order valence-corrected chi connectivity index (χ1v) is 3.92. The number of benzene rings is 1. The van der Waals surface area contributed by atoms with E-state index in [-0.39, 0.29) is 5.78 Å². The smallest absolute Gasteiger partial charge is 0.178 e. The molecule has 0 saturated heterocycles. The Kier molecular flexibility index (Phi) is 1.54. The summed E-state index contributed by atoms with van der Waals surface area (Å²) in [7, 11) is 0. The zero-order valence-electron chi connectivity index (χ0n) is 6.87. The molecule has 60 valence electrons. The molecular weight excluding hydrogens is 150 g/mol. The molecule has 0 spiro atoms. The standard InChI is InChI=1S/C10H9NO/c1-7-2-3-10-8(4-7)5-9(12)6-11-10/h2-4,6H,5H2,1H3. The van der Waals surface area contributed by atoms with Crippen LogP contribution in [-0.2, 0) is 11.2 Å². The van der Waals surface area contributed by atoms with Crippen LogP contribution in [0.4, 0.5) is 5.69 Å². The largest absolute Gasteiger partial charge is 0.293 e. The molecule has 12 heavy (non-hydrogen) atoms. The van der Waals surface area contributed by atoms with Crippen molar-refractivity contribution < 1.29 is 4.79 Å². The fraction of sp³-hybridized carbons (Fsp3) is 0.200. The molecule has 0 N–H and O–H groups in total. The summed E-state index contributed by atoms with van der Waals surface area (Å²) in [4.78, 5) is 15.0. The van der Waals surface area contributed by atoms with Crippen LogP contribution in [0.15, 0.2) is 23.2 Å². The molecule has 2 nitrogen and oxygen atoms in total. The third kappa shape index (κ3) is 1.16. The molecule has 1 aromatic carbocycles. The van der Waals surface area contributed by atoms with Gasteiger partial charge >= 0.3 is 0 Å². The minimum Gasteiger partial charge on any atom is -0.293 e. The Labute approximate surface area is 70.9 Å². The number of carbonyl (C=O) groups is 1. The molecule has 0 bridgehead atoms. The first kappa shape index (κ1) is 7.22. The number of rotatable bonds is 0. The molecule has 2 heteroatoms. The van der Waals surface area contributed by atoms with Gasteiger partial charge in [0.1, 0.15) is 0 Å². The number of ketones is 1. The Morgan fingerprint density at radius 1 is 1.42 bits per heavy atom. The molecule has 0 radical (unpaired) electrons. The SMILES string of the molecule is Cc1ccc2c(c1)CC(=O)C=N2. The van der Waals surface area contributed by atoms with Crippen LogP contribution in [0.2, 0.25) is 0 Å².